The van der Waals surface area contributed by atoms with Gasteiger partial charge in [-0.25, -0.2) is 14.4 Å². The van der Waals surface area contributed by atoms with E-state index in [0.717, 1.165) is 14.5 Å². The number of hydrazine groups is 1. The highest BCUT2D eigenvalue weighted by Crippen LogP contribution is 2.19. The standard InChI is InChI=1S/C28H24Br2ClFN6S2/c29-21-9-11-25(33-17-21)35-27(39)37(15-13-19-5-1-3-7-23(19)31)38(16-14-20-6-2-4-8-24(20)32)28(40)36-26-12-10-22(30)18-34-26/h1-12,17-18H,13-16H2,(H,33,35,39)(H,34,36,40). The molecule has 206 valence electrons. The van der Waals surface area contributed by atoms with E-state index in [1.165, 1.54) is 6.07 Å². The summed E-state index contributed by atoms with van der Waals surface area (Å²) in [5, 5.41) is 11.4. The van der Waals surface area contributed by atoms with Crippen molar-refractivity contribution in [1.29, 1.82) is 0 Å². The fraction of sp³-hybridized carbons (Fsp3) is 0.143. The lowest BCUT2D eigenvalue weighted by molar-refractivity contribution is 0.140. The van der Waals surface area contributed by atoms with Gasteiger partial charge in [0, 0.05) is 39.5 Å². The van der Waals surface area contributed by atoms with Gasteiger partial charge in [-0.15, -0.1) is 0 Å². The van der Waals surface area contributed by atoms with Crippen LogP contribution in [0.15, 0.2) is 94.1 Å². The minimum absolute atomic E-state index is 0.279. The molecule has 2 aromatic carbocycles. The summed E-state index contributed by atoms with van der Waals surface area (Å²) in [4.78, 5) is 8.78. The van der Waals surface area contributed by atoms with E-state index in [1.807, 2.05) is 64.6 Å². The van der Waals surface area contributed by atoms with Crippen molar-refractivity contribution in [3.63, 3.8) is 0 Å². The first-order valence-electron chi connectivity index (χ1n) is 12.2. The second kappa shape index (κ2) is 14.8. The van der Waals surface area contributed by atoms with Gasteiger partial charge in [0.1, 0.15) is 17.5 Å². The quantitative estimate of drug-likeness (QED) is 0.141. The van der Waals surface area contributed by atoms with E-state index in [9.17, 15) is 4.39 Å². The summed E-state index contributed by atoms with van der Waals surface area (Å²) in [5.41, 5.74) is 1.53. The molecule has 0 spiro atoms. The van der Waals surface area contributed by atoms with Crippen LogP contribution in [0.3, 0.4) is 0 Å². The number of pyridine rings is 2. The highest BCUT2D eigenvalue weighted by molar-refractivity contribution is 9.10. The summed E-state index contributed by atoms with van der Waals surface area (Å²) in [6, 6.07) is 21.7. The Morgan fingerprint density at radius 2 is 1.20 bits per heavy atom. The van der Waals surface area contributed by atoms with Crippen LogP contribution in [0.4, 0.5) is 16.0 Å². The molecular formula is C28H24Br2ClFN6S2. The minimum Gasteiger partial charge on any atom is -0.316 e. The van der Waals surface area contributed by atoms with E-state index in [0.29, 0.717) is 58.4 Å². The van der Waals surface area contributed by atoms with Crippen molar-refractivity contribution in [3.8, 4) is 0 Å². The SMILES string of the molecule is Fc1ccccc1CCN(C(=S)Nc1ccc(Br)cn1)N(CCc1ccccc1Cl)C(=S)Nc1ccc(Br)cn1. The molecule has 0 bridgehead atoms. The number of anilines is 2. The number of nitrogens with zero attached hydrogens (tertiary/aromatic N) is 4. The molecule has 6 nitrogen and oxygen atoms in total. The van der Waals surface area contributed by atoms with Crippen LogP contribution in [0.5, 0.6) is 0 Å². The third kappa shape index (κ3) is 8.65. The first-order chi connectivity index (χ1) is 19.3. The van der Waals surface area contributed by atoms with Gasteiger partial charge in [0.25, 0.3) is 0 Å². The van der Waals surface area contributed by atoms with Crippen molar-refractivity contribution >= 4 is 89.8 Å². The van der Waals surface area contributed by atoms with E-state index in [2.05, 4.69) is 52.5 Å². The lowest BCUT2D eigenvalue weighted by Crippen LogP contribution is -2.54. The second-order valence-corrected chi connectivity index (χ2v) is 11.5. The van der Waals surface area contributed by atoms with Crippen LogP contribution in [0, 0.1) is 5.82 Å². The summed E-state index contributed by atoms with van der Waals surface area (Å²) in [6.45, 7) is 0.764. The number of thiocarbonyl (C=S) groups is 2. The van der Waals surface area contributed by atoms with Gasteiger partial charge in [0.15, 0.2) is 10.2 Å². The zero-order valence-electron chi connectivity index (χ0n) is 21.0. The van der Waals surface area contributed by atoms with Crippen molar-refractivity contribution in [1.82, 2.24) is 20.0 Å². The normalized spacial score (nSPS) is 10.6. The maximum absolute atomic E-state index is 14.6. The highest BCUT2D eigenvalue weighted by atomic mass is 79.9. The molecule has 2 heterocycles. The first-order valence-corrected chi connectivity index (χ1v) is 14.9. The van der Waals surface area contributed by atoms with E-state index >= 15 is 0 Å². The van der Waals surface area contributed by atoms with Crippen LogP contribution in [0.25, 0.3) is 0 Å². The highest BCUT2D eigenvalue weighted by Gasteiger charge is 2.23. The van der Waals surface area contributed by atoms with E-state index < -0.39 is 0 Å². The van der Waals surface area contributed by atoms with Gasteiger partial charge in [-0.1, -0.05) is 48.0 Å². The fourth-order valence-electron chi connectivity index (χ4n) is 3.77. The summed E-state index contributed by atoms with van der Waals surface area (Å²) in [5.74, 6) is 0.848. The zero-order valence-corrected chi connectivity index (χ0v) is 26.6. The topological polar surface area (TPSA) is 56.3 Å². The van der Waals surface area contributed by atoms with Gasteiger partial charge in [-0.3, -0.25) is 10.0 Å². The molecule has 40 heavy (non-hydrogen) atoms. The Morgan fingerprint density at radius 1 is 0.725 bits per heavy atom. The lowest BCUT2D eigenvalue weighted by atomic mass is 10.1. The third-order valence-corrected chi connectivity index (χ3v) is 7.72. The lowest BCUT2D eigenvalue weighted by Gasteiger charge is -2.38. The van der Waals surface area contributed by atoms with Gasteiger partial charge >= 0.3 is 0 Å². The summed E-state index contributed by atoms with van der Waals surface area (Å²) < 4.78 is 16.2. The van der Waals surface area contributed by atoms with Gasteiger partial charge in [0.2, 0.25) is 0 Å². The monoisotopic (exact) mass is 720 g/mol. The van der Waals surface area contributed by atoms with Crippen LogP contribution in [-0.2, 0) is 12.8 Å². The Hall–Kier alpha value is -2.70. The van der Waals surface area contributed by atoms with Gasteiger partial charge in [-0.2, -0.15) is 0 Å². The average Bonchev–Trinajstić information content (AvgIpc) is 2.94. The molecule has 0 aliphatic carbocycles. The maximum atomic E-state index is 14.6. The van der Waals surface area contributed by atoms with Crippen LogP contribution in [0.1, 0.15) is 11.1 Å². The largest absolute Gasteiger partial charge is 0.316 e. The third-order valence-electron chi connectivity index (χ3n) is 5.79. The number of halogens is 4. The first kappa shape index (κ1) is 30.3. The molecule has 0 amide bonds. The summed E-state index contributed by atoms with van der Waals surface area (Å²) in [6.07, 6.45) is 4.31. The molecule has 4 rings (SSSR count). The number of hydrogen-bond acceptors (Lipinski definition) is 4. The van der Waals surface area contributed by atoms with Crippen molar-refractivity contribution in [2.24, 2.45) is 0 Å². The van der Waals surface area contributed by atoms with Crippen molar-refractivity contribution < 1.29 is 4.39 Å². The maximum Gasteiger partial charge on any atom is 0.193 e. The Balaban J connectivity index is 1.65. The minimum atomic E-state index is -0.279. The molecule has 0 unspecified atom stereocenters. The number of hydrogen-bond donors (Lipinski definition) is 2. The average molecular weight is 723 g/mol. The molecule has 2 aromatic heterocycles. The fourth-order valence-corrected chi connectivity index (χ4v) is 5.05. The summed E-state index contributed by atoms with van der Waals surface area (Å²) >= 11 is 25.0. The van der Waals surface area contributed by atoms with Gasteiger partial charge in [-0.05, 0) is 117 Å². The van der Waals surface area contributed by atoms with Crippen LogP contribution in [-0.4, -0.2) is 43.3 Å². The number of aromatic nitrogens is 2. The second-order valence-electron chi connectivity index (χ2n) is 8.51. The van der Waals surface area contributed by atoms with Crippen molar-refractivity contribution in [2.45, 2.75) is 12.8 Å². The molecule has 4 aromatic rings. The van der Waals surface area contributed by atoms with Crippen LogP contribution >= 0.6 is 67.9 Å². The zero-order chi connectivity index (χ0) is 28.5. The number of rotatable bonds is 8. The predicted octanol–water partition coefficient (Wildman–Crippen LogP) is 7.89. The smallest absolute Gasteiger partial charge is 0.193 e. The summed E-state index contributed by atoms with van der Waals surface area (Å²) in [7, 11) is 0. The number of benzene rings is 2. The molecule has 0 aliphatic heterocycles. The predicted molar refractivity (Wildman–Crippen MR) is 175 cm³/mol. The van der Waals surface area contributed by atoms with E-state index in [-0.39, 0.29) is 5.82 Å². The van der Waals surface area contributed by atoms with E-state index in [1.54, 1.807) is 24.5 Å². The van der Waals surface area contributed by atoms with Crippen LogP contribution < -0.4 is 10.6 Å². The van der Waals surface area contributed by atoms with E-state index in [4.69, 9.17) is 36.0 Å². The van der Waals surface area contributed by atoms with Gasteiger partial charge in [0.05, 0.1) is 0 Å². The molecule has 12 heteroatoms. The molecule has 0 radical (unpaired) electrons. The molecule has 0 atom stereocenters. The molecule has 0 saturated heterocycles. The Kier molecular flexibility index (Phi) is 11.2. The van der Waals surface area contributed by atoms with Crippen molar-refractivity contribution in [2.75, 3.05) is 23.7 Å². The molecule has 2 N–H and O–H groups in total. The van der Waals surface area contributed by atoms with Gasteiger partial charge < -0.3 is 10.6 Å². The Labute approximate surface area is 265 Å². The molecule has 0 fully saturated rings. The van der Waals surface area contributed by atoms with Crippen molar-refractivity contribution in [3.05, 3.63) is 116 Å². The Bertz CT molecular complexity index is 1350. The molecule has 0 saturated carbocycles. The Morgan fingerprint density at radius 3 is 1.68 bits per heavy atom. The van der Waals surface area contributed by atoms with Crippen LogP contribution in [0.2, 0.25) is 5.02 Å². The molecule has 0 aliphatic rings. The molecular weight excluding hydrogens is 699 g/mol. The number of nitrogens with one attached hydrogen (secondary N) is 2.